The van der Waals surface area contributed by atoms with Crippen LogP contribution in [0.2, 0.25) is 0 Å². The molecule has 2 rings (SSSR count). The first-order valence-corrected chi connectivity index (χ1v) is 6.84. The zero-order chi connectivity index (χ0) is 16.1. The lowest BCUT2D eigenvalue weighted by Crippen LogP contribution is -2.36. The molecule has 1 amide bonds. The number of hydrogen-bond acceptors (Lipinski definition) is 2. The predicted octanol–water partition coefficient (Wildman–Crippen LogP) is 3.02. The first-order chi connectivity index (χ1) is 10.5. The van der Waals surface area contributed by atoms with Crippen LogP contribution in [0.1, 0.15) is 28.9 Å². The summed E-state index contributed by atoms with van der Waals surface area (Å²) in [5.41, 5.74) is 0.545. The third kappa shape index (κ3) is 3.49. The molecule has 0 aliphatic rings. The summed E-state index contributed by atoms with van der Waals surface area (Å²) in [5, 5.41) is 11.8. The van der Waals surface area contributed by atoms with Crippen molar-refractivity contribution in [1.29, 1.82) is 0 Å². The van der Waals surface area contributed by atoms with Crippen LogP contribution in [-0.2, 0) is 4.79 Å². The zero-order valence-corrected chi connectivity index (χ0v) is 12.0. The number of hydrogen-bond donors (Lipinski definition) is 2. The molecule has 0 spiro atoms. The van der Waals surface area contributed by atoms with Gasteiger partial charge in [0.25, 0.3) is 5.91 Å². The Balaban J connectivity index is 2.29. The van der Waals surface area contributed by atoms with Crippen LogP contribution >= 0.6 is 0 Å². The lowest BCUT2D eigenvalue weighted by molar-refractivity contribution is -0.142. The summed E-state index contributed by atoms with van der Waals surface area (Å²) in [5.74, 6) is -3.17. The van der Waals surface area contributed by atoms with Crippen LogP contribution in [0.4, 0.5) is 4.39 Å². The highest BCUT2D eigenvalue weighted by Gasteiger charge is 2.27. The normalized spacial score (nSPS) is 13.2. The number of carbonyl (C=O) groups is 2. The Morgan fingerprint density at radius 2 is 1.64 bits per heavy atom. The molecule has 0 saturated carbocycles. The summed E-state index contributed by atoms with van der Waals surface area (Å²) in [6.45, 7) is 1.50. The first kappa shape index (κ1) is 15.7. The molecular formula is C17H16FNO3. The maximum Gasteiger partial charge on any atom is 0.308 e. The predicted molar refractivity (Wildman–Crippen MR) is 79.8 cm³/mol. The van der Waals surface area contributed by atoms with Crippen molar-refractivity contribution >= 4 is 11.9 Å². The van der Waals surface area contributed by atoms with E-state index < -0.39 is 29.7 Å². The molecule has 0 radical (unpaired) electrons. The summed E-state index contributed by atoms with van der Waals surface area (Å²) < 4.78 is 13.7. The van der Waals surface area contributed by atoms with Crippen LogP contribution in [0.3, 0.4) is 0 Å². The Morgan fingerprint density at radius 3 is 2.23 bits per heavy atom. The molecule has 0 aromatic heterocycles. The van der Waals surface area contributed by atoms with E-state index in [0.29, 0.717) is 5.56 Å². The highest BCUT2D eigenvalue weighted by molar-refractivity contribution is 5.95. The fraction of sp³-hybridized carbons (Fsp3) is 0.176. The lowest BCUT2D eigenvalue weighted by atomic mass is 9.94. The Bertz CT molecular complexity index is 673. The van der Waals surface area contributed by atoms with E-state index in [1.165, 1.54) is 25.1 Å². The largest absolute Gasteiger partial charge is 0.481 e. The van der Waals surface area contributed by atoms with Gasteiger partial charge in [0.15, 0.2) is 0 Å². The van der Waals surface area contributed by atoms with Crippen molar-refractivity contribution in [3.05, 3.63) is 71.5 Å². The minimum absolute atomic E-state index is 0.110. The Labute approximate surface area is 127 Å². The van der Waals surface area contributed by atoms with E-state index in [0.717, 1.165) is 0 Å². The number of carboxylic acid groups (broad SMARTS) is 1. The van der Waals surface area contributed by atoms with E-state index in [2.05, 4.69) is 5.32 Å². The quantitative estimate of drug-likeness (QED) is 0.892. The Morgan fingerprint density at radius 1 is 1.05 bits per heavy atom. The Kier molecular flexibility index (Phi) is 4.88. The number of nitrogens with one attached hydrogen (secondary N) is 1. The number of benzene rings is 2. The van der Waals surface area contributed by atoms with E-state index in [1.807, 2.05) is 0 Å². The number of amides is 1. The molecule has 0 saturated heterocycles. The van der Waals surface area contributed by atoms with Gasteiger partial charge in [0.05, 0.1) is 17.5 Å². The molecule has 22 heavy (non-hydrogen) atoms. The average Bonchev–Trinajstić information content (AvgIpc) is 2.53. The SMILES string of the molecule is C[C@@H](C(=O)O)[C@@H](NC(=O)c1ccccc1F)c1ccccc1. The topological polar surface area (TPSA) is 66.4 Å². The number of carboxylic acids is 1. The van der Waals surface area contributed by atoms with Gasteiger partial charge in [-0.05, 0) is 24.6 Å². The van der Waals surface area contributed by atoms with Crippen LogP contribution in [0.25, 0.3) is 0 Å². The maximum atomic E-state index is 13.7. The summed E-state index contributed by atoms with van der Waals surface area (Å²) in [4.78, 5) is 23.5. The standard InChI is InChI=1S/C17H16FNO3/c1-11(17(21)22)15(12-7-3-2-4-8-12)19-16(20)13-9-5-6-10-14(13)18/h2-11,15H,1H3,(H,19,20)(H,21,22)/t11-,15-/m1/s1. The second-order valence-corrected chi connectivity index (χ2v) is 4.97. The van der Waals surface area contributed by atoms with Gasteiger partial charge < -0.3 is 10.4 Å². The van der Waals surface area contributed by atoms with Crippen molar-refractivity contribution in [3.8, 4) is 0 Å². The van der Waals surface area contributed by atoms with Crippen molar-refractivity contribution in [2.75, 3.05) is 0 Å². The van der Waals surface area contributed by atoms with Crippen LogP contribution in [-0.4, -0.2) is 17.0 Å². The van der Waals surface area contributed by atoms with Crippen LogP contribution in [0.15, 0.2) is 54.6 Å². The van der Waals surface area contributed by atoms with Crippen molar-refractivity contribution in [1.82, 2.24) is 5.32 Å². The fourth-order valence-electron chi connectivity index (χ4n) is 2.16. The summed E-state index contributed by atoms with van der Waals surface area (Å²) in [6, 6.07) is 13.6. The van der Waals surface area contributed by atoms with Gasteiger partial charge >= 0.3 is 5.97 Å². The second-order valence-electron chi connectivity index (χ2n) is 4.97. The van der Waals surface area contributed by atoms with Gasteiger partial charge in [0, 0.05) is 0 Å². The lowest BCUT2D eigenvalue weighted by Gasteiger charge is -2.23. The van der Waals surface area contributed by atoms with E-state index in [-0.39, 0.29) is 5.56 Å². The summed E-state index contributed by atoms with van der Waals surface area (Å²) >= 11 is 0. The average molecular weight is 301 g/mol. The molecule has 2 N–H and O–H groups in total. The molecule has 114 valence electrons. The highest BCUT2D eigenvalue weighted by atomic mass is 19.1. The molecule has 2 atom stereocenters. The third-order valence-electron chi connectivity index (χ3n) is 3.45. The second kappa shape index (κ2) is 6.85. The van der Waals surface area contributed by atoms with E-state index in [9.17, 15) is 19.1 Å². The molecular weight excluding hydrogens is 285 g/mol. The van der Waals surface area contributed by atoms with Gasteiger partial charge in [-0.15, -0.1) is 0 Å². The minimum Gasteiger partial charge on any atom is -0.481 e. The molecule has 0 aliphatic carbocycles. The molecule has 5 heteroatoms. The number of rotatable bonds is 5. The van der Waals surface area contributed by atoms with Gasteiger partial charge in [0.2, 0.25) is 0 Å². The van der Waals surface area contributed by atoms with Crippen molar-refractivity contribution < 1.29 is 19.1 Å². The van der Waals surface area contributed by atoms with Gasteiger partial charge in [-0.25, -0.2) is 4.39 Å². The van der Waals surface area contributed by atoms with Gasteiger partial charge in [0.1, 0.15) is 5.82 Å². The minimum atomic E-state index is -1.04. The third-order valence-corrected chi connectivity index (χ3v) is 3.45. The Hall–Kier alpha value is -2.69. The van der Waals surface area contributed by atoms with Crippen LogP contribution in [0.5, 0.6) is 0 Å². The molecule has 0 unspecified atom stereocenters. The van der Waals surface area contributed by atoms with E-state index >= 15 is 0 Å². The zero-order valence-electron chi connectivity index (χ0n) is 12.0. The smallest absolute Gasteiger partial charge is 0.308 e. The summed E-state index contributed by atoms with van der Waals surface area (Å²) in [7, 11) is 0. The molecule has 2 aromatic rings. The molecule has 0 heterocycles. The van der Waals surface area contributed by atoms with Gasteiger partial charge in [-0.3, -0.25) is 9.59 Å². The molecule has 4 nitrogen and oxygen atoms in total. The molecule has 2 aromatic carbocycles. The van der Waals surface area contributed by atoms with Crippen molar-refractivity contribution in [2.24, 2.45) is 5.92 Å². The number of carbonyl (C=O) groups excluding carboxylic acids is 1. The van der Waals surface area contributed by atoms with Crippen molar-refractivity contribution in [3.63, 3.8) is 0 Å². The van der Waals surface area contributed by atoms with Crippen LogP contribution in [0, 0.1) is 11.7 Å². The fourth-order valence-corrected chi connectivity index (χ4v) is 2.16. The van der Waals surface area contributed by atoms with Crippen LogP contribution < -0.4 is 5.32 Å². The van der Waals surface area contributed by atoms with E-state index in [4.69, 9.17) is 0 Å². The first-order valence-electron chi connectivity index (χ1n) is 6.84. The van der Waals surface area contributed by atoms with Gasteiger partial charge in [-0.2, -0.15) is 0 Å². The monoisotopic (exact) mass is 301 g/mol. The molecule has 0 aliphatic heterocycles. The molecule has 0 bridgehead atoms. The molecule has 0 fully saturated rings. The number of halogens is 1. The van der Waals surface area contributed by atoms with Gasteiger partial charge in [-0.1, -0.05) is 42.5 Å². The summed E-state index contributed by atoms with van der Waals surface area (Å²) in [6.07, 6.45) is 0. The highest BCUT2D eigenvalue weighted by Crippen LogP contribution is 2.23. The van der Waals surface area contributed by atoms with E-state index in [1.54, 1.807) is 36.4 Å². The van der Waals surface area contributed by atoms with Crippen molar-refractivity contribution in [2.45, 2.75) is 13.0 Å². The maximum absolute atomic E-state index is 13.7. The number of aliphatic carboxylic acids is 1.